The number of allylic oxidation sites excluding steroid dienone is 1. The van der Waals surface area contributed by atoms with Gasteiger partial charge in [-0.25, -0.2) is 8.42 Å². The van der Waals surface area contributed by atoms with Crippen LogP contribution >= 0.6 is 22.9 Å². The quantitative estimate of drug-likeness (QED) is 0.433. The molecule has 0 radical (unpaired) electrons. The Morgan fingerprint density at radius 1 is 1.09 bits per heavy atom. The van der Waals surface area contributed by atoms with E-state index in [1.54, 1.807) is 6.07 Å². The first kappa shape index (κ1) is 22.0. The van der Waals surface area contributed by atoms with Crippen molar-refractivity contribution in [1.82, 2.24) is 4.90 Å². The van der Waals surface area contributed by atoms with Crippen LogP contribution in [-0.4, -0.2) is 33.0 Å². The molecule has 0 saturated carbocycles. The molecule has 0 spiro atoms. The molecule has 2 aliphatic rings. The lowest BCUT2D eigenvalue weighted by Crippen LogP contribution is -2.20. The van der Waals surface area contributed by atoms with Gasteiger partial charge in [-0.2, -0.15) is 0 Å². The Morgan fingerprint density at radius 3 is 2.66 bits per heavy atom. The maximum absolute atomic E-state index is 13.3. The number of sulfonamides is 1. The highest BCUT2D eigenvalue weighted by Gasteiger charge is 2.24. The van der Waals surface area contributed by atoms with E-state index in [1.165, 1.54) is 59.5 Å². The Hall–Kier alpha value is -1.86. The van der Waals surface area contributed by atoms with Crippen LogP contribution < -0.4 is 4.72 Å². The zero-order valence-electron chi connectivity index (χ0n) is 18.4. The minimum atomic E-state index is -3.69. The van der Waals surface area contributed by atoms with Crippen molar-refractivity contribution in [3.05, 3.63) is 63.7 Å². The van der Waals surface area contributed by atoms with E-state index < -0.39 is 10.0 Å². The summed E-state index contributed by atoms with van der Waals surface area (Å²) in [4.78, 5) is 2.53. The Balaban J connectivity index is 1.41. The van der Waals surface area contributed by atoms with E-state index in [2.05, 4.69) is 22.6 Å². The fourth-order valence-corrected chi connectivity index (χ4v) is 7.92. The lowest BCUT2D eigenvalue weighted by Gasteiger charge is -2.16. The van der Waals surface area contributed by atoms with E-state index in [-0.39, 0.29) is 0 Å². The Labute approximate surface area is 198 Å². The Morgan fingerprint density at radius 2 is 1.88 bits per heavy atom. The summed E-state index contributed by atoms with van der Waals surface area (Å²) >= 11 is 7.41. The predicted octanol–water partition coefficient (Wildman–Crippen LogP) is 6.48. The third kappa shape index (κ3) is 4.10. The fraction of sp³-hybridized carbons (Fsp3) is 0.360. The van der Waals surface area contributed by atoms with Gasteiger partial charge in [-0.15, -0.1) is 11.3 Å². The van der Waals surface area contributed by atoms with Crippen molar-refractivity contribution >= 4 is 54.3 Å². The number of hydrogen-bond acceptors (Lipinski definition) is 4. The predicted molar refractivity (Wildman–Crippen MR) is 135 cm³/mol. The van der Waals surface area contributed by atoms with E-state index in [9.17, 15) is 8.42 Å². The van der Waals surface area contributed by atoms with Crippen molar-refractivity contribution in [1.29, 1.82) is 0 Å². The minimum Gasteiger partial charge on any atom is -0.303 e. The highest BCUT2D eigenvalue weighted by Crippen LogP contribution is 2.39. The van der Waals surface area contributed by atoms with E-state index in [0.717, 1.165) is 35.0 Å². The van der Waals surface area contributed by atoms with Crippen LogP contribution in [0.2, 0.25) is 5.02 Å². The molecule has 2 aromatic carbocycles. The minimum absolute atomic E-state index is 0.344. The Bertz CT molecular complexity index is 1340. The molecule has 32 heavy (non-hydrogen) atoms. The van der Waals surface area contributed by atoms with Gasteiger partial charge in [-0.3, -0.25) is 4.72 Å². The topological polar surface area (TPSA) is 49.4 Å². The summed E-state index contributed by atoms with van der Waals surface area (Å²) in [5.74, 6) is 0. The average Bonchev–Trinajstić information content (AvgIpc) is 3.45. The number of hydrogen-bond donors (Lipinski definition) is 1. The third-order valence-electron chi connectivity index (χ3n) is 6.63. The lowest BCUT2D eigenvalue weighted by molar-refractivity contribution is 0.348. The van der Waals surface area contributed by atoms with Gasteiger partial charge in [0.05, 0.1) is 0 Å². The van der Waals surface area contributed by atoms with E-state index >= 15 is 0 Å². The molecule has 5 rings (SSSR count). The highest BCUT2D eigenvalue weighted by molar-refractivity contribution is 7.94. The molecule has 1 aliphatic carbocycles. The van der Waals surface area contributed by atoms with Gasteiger partial charge >= 0.3 is 0 Å². The molecule has 0 amide bonds. The molecule has 1 saturated heterocycles. The van der Waals surface area contributed by atoms with E-state index in [4.69, 9.17) is 11.6 Å². The molecule has 0 atom stereocenters. The van der Waals surface area contributed by atoms with Gasteiger partial charge in [-0.1, -0.05) is 23.2 Å². The van der Waals surface area contributed by atoms with Gasteiger partial charge in [0.15, 0.2) is 0 Å². The van der Waals surface area contributed by atoms with Crippen molar-refractivity contribution < 1.29 is 8.42 Å². The molecule has 1 fully saturated rings. The summed E-state index contributed by atoms with van der Waals surface area (Å²) in [6.45, 7) is 7.51. The first-order chi connectivity index (χ1) is 15.3. The highest BCUT2D eigenvalue weighted by atomic mass is 35.5. The van der Waals surface area contributed by atoms with E-state index in [1.807, 2.05) is 31.2 Å². The summed E-state index contributed by atoms with van der Waals surface area (Å²) in [6, 6.07) is 11.5. The maximum atomic E-state index is 13.3. The molecule has 0 bridgehead atoms. The zero-order valence-corrected chi connectivity index (χ0v) is 20.8. The van der Waals surface area contributed by atoms with Gasteiger partial charge in [-0.05, 0) is 111 Å². The van der Waals surface area contributed by atoms with Crippen molar-refractivity contribution in [2.75, 3.05) is 24.4 Å². The SMILES string of the molecule is CC1=C(CCN2CCCC2)c2cc(NS(=O)(=O)c3sc4ccc(Cl)cc4c3C)ccc2C1. The average molecular weight is 487 g/mol. The number of halogens is 1. The molecular weight excluding hydrogens is 460 g/mol. The van der Waals surface area contributed by atoms with Crippen molar-refractivity contribution in [2.24, 2.45) is 0 Å². The second-order valence-electron chi connectivity index (χ2n) is 8.87. The molecule has 168 valence electrons. The van der Waals surface area contributed by atoms with Gasteiger partial charge in [0.1, 0.15) is 4.21 Å². The molecule has 3 aromatic rings. The number of rotatable bonds is 6. The number of anilines is 1. The van der Waals surface area contributed by atoms with Crippen molar-refractivity contribution in [2.45, 2.75) is 43.7 Å². The second-order valence-corrected chi connectivity index (χ2v) is 12.2. The third-order valence-corrected chi connectivity index (χ3v) is 10.1. The van der Waals surface area contributed by atoms with Crippen LogP contribution in [0.1, 0.15) is 42.9 Å². The fourth-order valence-electron chi connectivity index (χ4n) is 4.95. The van der Waals surface area contributed by atoms with Gasteiger partial charge < -0.3 is 4.90 Å². The number of fused-ring (bicyclic) bond motifs is 2. The normalized spacial score (nSPS) is 16.8. The van der Waals surface area contributed by atoms with Crippen LogP contribution in [0.4, 0.5) is 5.69 Å². The smallest absolute Gasteiger partial charge is 0.271 e. The van der Waals surface area contributed by atoms with Crippen LogP contribution in [0.5, 0.6) is 0 Å². The summed E-state index contributed by atoms with van der Waals surface area (Å²) in [7, 11) is -3.69. The van der Waals surface area contributed by atoms with Gasteiger partial charge in [0, 0.05) is 22.0 Å². The molecule has 0 unspecified atom stereocenters. The molecule has 7 heteroatoms. The second kappa shape index (κ2) is 8.49. The van der Waals surface area contributed by atoms with E-state index in [0.29, 0.717) is 14.9 Å². The molecule has 1 aliphatic heterocycles. The van der Waals surface area contributed by atoms with Crippen LogP contribution in [0.15, 0.2) is 46.2 Å². The molecule has 2 heterocycles. The standard InChI is InChI=1S/C25H27ClN2O2S2/c1-16-13-18-5-7-20(15-23(18)21(16)9-12-28-10-3-4-11-28)27-32(29,30)25-17(2)22-14-19(26)6-8-24(22)31-25/h5-8,14-15,27H,3-4,9-13H2,1-2H3. The maximum Gasteiger partial charge on any atom is 0.271 e. The van der Waals surface area contributed by atoms with Gasteiger partial charge in [0.2, 0.25) is 0 Å². The number of thiophene rings is 1. The molecule has 1 N–H and O–H groups in total. The number of benzene rings is 2. The first-order valence-corrected chi connectivity index (χ1v) is 13.8. The monoisotopic (exact) mass is 486 g/mol. The summed E-state index contributed by atoms with van der Waals surface area (Å²) in [5.41, 5.74) is 6.61. The number of nitrogens with zero attached hydrogens (tertiary/aromatic N) is 1. The van der Waals surface area contributed by atoms with Crippen LogP contribution in [0, 0.1) is 6.92 Å². The largest absolute Gasteiger partial charge is 0.303 e. The summed E-state index contributed by atoms with van der Waals surface area (Å²) in [5, 5.41) is 1.50. The van der Waals surface area contributed by atoms with Gasteiger partial charge in [0.25, 0.3) is 10.0 Å². The number of likely N-dealkylation sites (tertiary alicyclic amines) is 1. The lowest BCUT2D eigenvalue weighted by atomic mass is 10.0. The molecule has 1 aromatic heterocycles. The zero-order chi connectivity index (χ0) is 22.5. The molecule has 4 nitrogen and oxygen atoms in total. The summed E-state index contributed by atoms with van der Waals surface area (Å²) in [6.07, 6.45) is 4.56. The molecular formula is C25H27ClN2O2S2. The van der Waals surface area contributed by atoms with Crippen LogP contribution in [-0.2, 0) is 16.4 Å². The Kier molecular flexibility index (Phi) is 5.82. The van der Waals surface area contributed by atoms with Crippen LogP contribution in [0.25, 0.3) is 15.7 Å². The summed E-state index contributed by atoms with van der Waals surface area (Å²) < 4.78 is 30.6. The van der Waals surface area contributed by atoms with Crippen molar-refractivity contribution in [3.8, 4) is 0 Å². The van der Waals surface area contributed by atoms with Crippen molar-refractivity contribution in [3.63, 3.8) is 0 Å². The first-order valence-electron chi connectivity index (χ1n) is 11.1. The van der Waals surface area contributed by atoms with Crippen LogP contribution in [0.3, 0.4) is 0 Å². The number of nitrogens with one attached hydrogen (secondary N) is 1. The number of aryl methyl sites for hydroxylation is 1.